The predicted octanol–water partition coefficient (Wildman–Crippen LogP) is 5.47. The fourth-order valence-electron chi connectivity index (χ4n) is 3.86. The second kappa shape index (κ2) is 10.5. The Balaban J connectivity index is 1.32. The molecule has 1 aromatic heterocycles. The summed E-state index contributed by atoms with van der Waals surface area (Å²) < 4.78 is 11.4. The molecule has 1 unspecified atom stereocenters. The fraction of sp³-hybridized carbons (Fsp3) is 0.320. The van der Waals surface area contributed by atoms with Crippen LogP contribution in [-0.4, -0.2) is 30.4 Å². The van der Waals surface area contributed by atoms with Crippen molar-refractivity contribution < 1.29 is 13.9 Å². The van der Waals surface area contributed by atoms with Gasteiger partial charge in [-0.25, -0.2) is 0 Å². The van der Waals surface area contributed by atoms with Gasteiger partial charge in [0.2, 0.25) is 0 Å². The number of furan rings is 1. The lowest BCUT2D eigenvalue weighted by molar-refractivity contribution is 0.0914. The van der Waals surface area contributed by atoms with Gasteiger partial charge in [-0.05, 0) is 80.0 Å². The lowest BCUT2D eigenvalue weighted by atomic mass is 10.1. The van der Waals surface area contributed by atoms with Crippen molar-refractivity contribution in [1.82, 2.24) is 10.2 Å². The van der Waals surface area contributed by atoms with Crippen LogP contribution in [0.15, 0.2) is 71.3 Å². The molecule has 1 N–H and O–H groups in total. The zero-order valence-corrected chi connectivity index (χ0v) is 18.2. The molecule has 4 rings (SSSR count). The molecule has 1 amide bonds. The third-order valence-corrected chi connectivity index (χ3v) is 5.85. The molecule has 1 atom stereocenters. The van der Waals surface area contributed by atoms with E-state index in [-0.39, 0.29) is 11.9 Å². The van der Waals surface area contributed by atoms with Crippen LogP contribution >= 0.6 is 11.6 Å². The van der Waals surface area contributed by atoms with Gasteiger partial charge in [0.25, 0.3) is 5.91 Å². The van der Waals surface area contributed by atoms with E-state index in [9.17, 15) is 4.79 Å². The summed E-state index contributed by atoms with van der Waals surface area (Å²) in [5.41, 5.74) is 1.63. The van der Waals surface area contributed by atoms with Crippen molar-refractivity contribution in [2.24, 2.45) is 0 Å². The van der Waals surface area contributed by atoms with Gasteiger partial charge >= 0.3 is 0 Å². The third-order valence-electron chi connectivity index (χ3n) is 5.59. The molecule has 31 heavy (non-hydrogen) atoms. The lowest BCUT2D eigenvalue weighted by Gasteiger charge is -2.33. The molecule has 0 radical (unpaired) electrons. The van der Waals surface area contributed by atoms with Crippen molar-refractivity contribution in [3.8, 4) is 5.75 Å². The second-order valence-electron chi connectivity index (χ2n) is 7.78. The number of rotatable bonds is 8. The second-order valence-corrected chi connectivity index (χ2v) is 8.21. The van der Waals surface area contributed by atoms with E-state index in [0.29, 0.717) is 23.7 Å². The molecule has 2 heterocycles. The molecular weight excluding hydrogens is 412 g/mol. The molecular formula is C25H27ClN2O3. The van der Waals surface area contributed by atoms with Crippen LogP contribution in [0.3, 0.4) is 0 Å². The number of likely N-dealkylation sites (tertiary alicyclic amines) is 1. The number of hydrogen-bond acceptors (Lipinski definition) is 4. The number of carbonyl (C=O) groups excluding carboxylic acids is 1. The maximum absolute atomic E-state index is 12.7. The highest BCUT2D eigenvalue weighted by Gasteiger charge is 2.25. The number of piperidine rings is 1. The summed E-state index contributed by atoms with van der Waals surface area (Å²) in [6, 6.07) is 18.7. The summed E-state index contributed by atoms with van der Waals surface area (Å²) >= 11 is 5.89. The standard InChI is InChI=1S/C25H27ClN2O3/c26-21-10-12-22(13-11-21)31-18-19-6-8-20(9-7-19)25(29)27-17-23(24-5-4-16-30-24)28-14-2-1-3-15-28/h4-13,16,23H,1-3,14-15,17-18H2,(H,27,29). The largest absolute Gasteiger partial charge is 0.489 e. The van der Waals surface area contributed by atoms with Crippen LogP contribution in [0.4, 0.5) is 0 Å². The highest BCUT2D eigenvalue weighted by molar-refractivity contribution is 6.30. The van der Waals surface area contributed by atoms with Crippen LogP contribution in [0.5, 0.6) is 5.75 Å². The molecule has 6 heteroatoms. The number of ether oxygens (including phenoxy) is 1. The summed E-state index contributed by atoms with van der Waals surface area (Å²) in [4.78, 5) is 15.1. The molecule has 0 bridgehead atoms. The summed E-state index contributed by atoms with van der Waals surface area (Å²) in [5, 5.41) is 3.76. The molecule has 1 aliphatic heterocycles. The first-order chi connectivity index (χ1) is 15.2. The van der Waals surface area contributed by atoms with Crippen LogP contribution in [0.1, 0.15) is 47.0 Å². The molecule has 162 valence electrons. The van der Waals surface area contributed by atoms with Crippen molar-refractivity contribution in [2.45, 2.75) is 31.9 Å². The molecule has 0 aliphatic carbocycles. The van der Waals surface area contributed by atoms with Gasteiger partial charge < -0.3 is 14.5 Å². The van der Waals surface area contributed by atoms with Crippen molar-refractivity contribution >= 4 is 17.5 Å². The van der Waals surface area contributed by atoms with E-state index in [1.54, 1.807) is 18.4 Å². The predicted molar refractivity (Wildman–Crippen MR) is 121 cm³/mol. The van der Waals surface area contributed by atoms with E-state index in [2.05, 4.69) is 10.2 Å². The van der Waals surface area contributed by atoms with Gasteiger partial charge in [0.1, 0.15) is 18.1 Å². The highest BCUT2D eigenvalue weighted by atomic mass is 35.5. The maximum Gasteiger partial charge on any atom is 0.251 e. The highest BCUT2D eigenvalue weighted by Crippen LogP contribution is 2.24. The Kier molecular flexibility index (Phi) is 7.28. The minimum atomic E-state index is -0.0845. The van der Waals surface area contributed by atoms with Crippen LogP contribution in [0.2, 0.25) is 5.02 Å². The Hall–Kier alpha value is -2.76. The van der Waals surface area contributed by atoms with E-state index in [1.165, 1.54) is 19.3 Å². The first-order valence-electron chi connectivity index (χ1n) is 10.7. The minimum absolute atomic E-state index is 0.0614. The number of halogens is 1. The Labute approximate surface area is 188 Å². The normalized spacial score (nSPS) is 15.4. The van der Waals surface area contributed by atoms with Crippen molar-refractivity contribution in [3.63, 3.8) is 0 Å². The average Bonchev–Trinajstić information content (AvgIpc) is 3.34. The van der Waals surface area contributed by atoms with E-state index in [0.717, 1.165) is 30.2 Å². The van der Waals surface area contributed by atoms with Crippen molar-refractivity contribution in [1.29, 1.82) is 0 Å². The number of hydrogen-bond donors (Lipinski definition) is 1. The van der Waals surface area contributed by atoms with Gasteiger partial charge in [0.15, 0.2) is 0 Å². The molecule has 1 saturated heterocycles. The monoisotopic (exact) mass is 438 g/mol. The molecule has 3 aromatic rings. The molecule has 1 fully saturated rings. The van der Waals surface area contributed by atoms with E-state index in [4.69, 9.17) is 20.8 Å². The van der Waals surface area contributed by atoms with Crippen LogP contribution in [0, 0.1) is 0 Å². The van der Waals surface area contributed by atoms with Crippen LogP contribution in [-0.2, 0) is 6.61 Å². The lowest BCUT2D eigenvalue weighted by Crippen LogP contribution is -2.40. The first-order valence-corrected chi connectivity index (χ1v) is 11.1. The number of amides is 1. The molecule has 2 aromatic carbocycles. The quantitative estimate of drug-likeness (QED) is 0.506. The number of nitrogens with one attached hydrogen (secondary N) is 1. The summed E-state index contributed by atoms with van der Waals surface area (Å²) in [5.74, 6) is 1.57. The SMILES string of the molecule is O=C(NCC(c1ccco1)N1CCCCC1)c1ccc(COc2ccc(Cl)cc2)cc1. The van der Waals surface area contributed by atoms with Crippen molar-refractivity contribution in [2.75, 3.05) is 19.6 Å². The smallest absolute Gasteiger partial charge is 0.251 e. The van der Waals surface area contributed by atoms with E-state index < -0.39 is 0 Å². The van der Waals surface area contributed by atoms with Crippen LogP contribution in [0.25, 0.3) is 0 Å². The zero-order valence-electron chi connectivity index (χ0n) is 17.4. The summed E-state index contributed by atoms with van der Waals surface area (Å²) in [6.07, 6.45) is 5.33. The Morgan fingerprint density at radius 2 is 1.77 bits per heavy atom. The van der Waals surface area contributed by atoms with E-state index in [1.807, 2.05) is 48.5 Å². The average molecular weight is 439 g/mol. The van der Waals surface area contributed by atoms with Gasteiger partial charge in [-0.1, -0.05) is 30.2 Å². The molecule has 0 spiro atoms. The van der Waals surface area contributed by atoms with Crippen LogP contribution < -0.4 is 10.1 Å². The summed E-state index contributed by atoms with van der Waals surface area (Å²) in [6.45, 7) is 3.01. The topological polar surface area (TPSA) is 54.7 Å². The third kappa shape index (κ3) is 5.90. The Bertz CT molecular complexity index is 949. The van der Waals surface area contributed by atoms with Crippen molar-refractivity contribution in [3.05, 3.63) is 88.8 Å². The Morgan fingerprint density at radius 3 is 2.45 bits per heavy atom. The summed E-state index contributed by atoms with van der Waals surface area (Å²) in [7, 11) is 0. The molecule has 1 aliphatic rings. The maximum atomic E-state index is 12.7. The number of carbonyl (C=O) groups is 1. The zero-order chi connectivity index (χ0) is 21.5. The van der Waals surface area contributed by atoms with Gasteiger partial charge in [0.05, 0.1) is 12.3 Å². The van der Waals surface area contributed by atoms with Gasteiger partial charge in [0, 0.05) is 17.1 Å². The van der Waals surface area contributed by atoms with Gasteiger partial charge in [-0.3, -0.25) is 9.69 Å². The van der Waals surface area contributed by atoms with Gasteiger partial charge in [-0.15, -0.1) is 0 Å². The van der Waals surface area contributed by atoms with E-state index >= 15 is 0 Å². The minimum Gasteiger partial charge on any atom is -0.489 e. The molecule has 5 nitrogen and oxygen atoms in total. The number of benzene rings is 2. The Morgan fingerprint density at radius 1 is 1.03 bits per heavy atom. The molecule has 0 saturated carbocycles. The van der Waals surface area contributed by atoms with Gasteiger partial charge in [-0.2, -0.15) is 0 Å². The fourth-order valence-corrected chi connectivity index (χ4v) is 3.99. The first kappa shape index (κ1) is 21.5. The number of nitrogens with zero attached hydrogens (tertiary/aromatic N) is 1.